The minimum Gasteiger partial charge on any atom is -0.356 e. The van der Waals surface area contributed by atoms with Gasteiger partial charge in [0, 0.05) is 25.5 Å². The molecule has 0 atom stereocenters. The van der Waals surface area contributed by atoms with Crippen molar-refractivity contribution < 1.29 is 4.79 Å². The number of likely N-dealkylation sites (N-methyl/N-ethyl adjacent to an activating group) is 1. The average Bonchev–Trinajstić information content (AvgIpc) is 2.79. The van der Waals surface area contributed by atoms with Crippen LogP contribution < -0.4 is 10.6 Å². The molecule has 0 aromatic carbocycles. The van der Waals surface area contributed by atoms with Crippen LogP contribution in [0.3, 0.4) is 0 Å². The Morgan fingerprint density at radius 1 is 1.30 bits per heavy atom. The van der Waals surface area contributed by atoms with E-state index in [1.54, 1.807) is 30.3 Å². The molecule has 0 bridgehead atoms. The number of amides is 1. The van der Waals surface area contributed by atoms with Gasteiger partial charge in [0.15, 0.2) is 5.96 Å². The molecule has 23 heavy (non-hydrogen) atoms. The van der Waals surface area contributed by atoms with E-state index in [0.717, 1.165) is 30.1 Å². The molecule has 0 spiro atoms. The number of nitrogens with one attached hydrogen (secondary N) is 2. The molecule has 0 aliphatic heterocycles. The van der Waals surface area contributed by atoms with Crippen LogP contribution in [0.1, 0.15) is 35.3 Å². The van der Waals surface area contributed by atoms with Crippen molar-refractivity contribution in [3.05, 3.63) is 15.6 Å². The maximum absolute atomic E-state index is 11.7. The number of nitrogens with zero attached hydrogens (tertiary/aromatic N) is 3. The van der Waals surface area contributed by atoms with Gasteiger partial charge in [0.2, 0.25) is 5.91 Å². The number of carbonyl (C=O) groups excluding carboxylic acids is 1. The lowest BCUT2D eigenvalue weighted by Gasteiger charge is -2.12. The summed E-state index contributed by atoms with van der Waals surface area (Å²) in [5.41, 5.74) is 1.07. The van der Waals surface area contributed by atoms with Crippen molar-refractivity contribution in [3.63, 3.8) is 0 Å². The lowest BCUT2D eigenvalue weighted by atomic mass is 10.3. The van der Waals surface area contributed by atoms with E-state index in [4.69, 9.17) is 0 Å². The summed E-state index contributed by atoms with van der Waals surface area (Å²) in [5, 5.41) is 7.52. The zero-order valence-electron chi connectivity index (χ0n) is 14.6. The third-order valence-corrected chi connectivity index (χ3v) is 4.25. The Morgan fingerprint density at radius 3 is 2.52 bits per heavy atom. The summed E-state index contributed by atoms with van der Waals surface area (Å²) in [7, 11) is 3.47. The molecule has 1 heterocycles. The minimum absolute atomic E-state index is 0. The summed E-state index contributed by atoms with van der Waals surface area (Å²) in [4.78, 5) is 23.3. The Labute approximate surface area is 160 Å². The van der Waals surface area contributed by atoms with E-state index in [0.29, 0.717) is 12.5 Å². The highest BCUT2D eigenvalue weighted by molar-refractivity contribution is 14.0. The molecule has 0 radical (unpaired) electrons. The number of hydrogen-bond donors (Lipinski definition) is 2. The largest absolute Gasteiger partial charge is 0.356 e. The number of rotatable bonds is 7. The smallest absolute Gasteiger partial charge is 0.243 e. The SMILES string of the molecule is CCCCNC(=NCC(=O)N(C)C)NCc1nc(C)c(C)s1.I. The molecule has 2 N–H and O–H groups in total. The van der Waals surface area contributed by atoms with Crippen molar-refractivity contribution in [2.24, 2.45) is 4.99 Å². The first-order valence-electron chi connectivity index (χ1n) is 7.59. The van der Waals surface area contributed by atoms with Crippen LogP contribution in [-0.2, 0) is 11.3 Å². The van der Waals surface area contributed by atoms with Gasteiger partial charge in [0.05, 0.1) is 12.2 Å². The molecule has 132 valence electrons. The number of aromatic nitrogens is 1. The van der Waals surface area contributed by atoms with E-state index >= 15 is 0 Å². The lowest BCUT2D eigenvalue weighted by molar-refractivity contribution is -0.127. The Kier molecular flexibility index (Phi) is 11.2. The van der Waals surface area contributed by atoms with E-state index in [1.165, 1.54) is 4.88 Å². The number of guanidine groups is 1. The lowest BCUT2D eigenvalue weighted by Crippen LogP contribution is -2.38. The van der Waals surface area contributed by atoms with Gasteiger partial charge < -0.3 is 15.5 Å². The normalized spacial score (nSPS) is 10.9. The van der Waals surface area contributed by atoms with E-state index in [2.05, 4.69) is 34.5 Å². The molecule has 6 nitrogen and oxygen atoms in total. The minimum atomic E-state index is -0.0162. The second kappa shape index (κ2) is 11.6. The molecule has 1 rings (SSSR count). The molecule has 8 heteroatoms. The van der Waals surface area contributed by atoms with Gasteiger partial charge >= 0.3 is 0 Å². The summed E-state index contributed by atoms with van der Waals surface area (Å²) in [6.07, 6.45) is 2.18. The second-order valence-corrected chi connectivity index (χ2v) is 6.62. The third kappa shape index (κ3) is 8.50. The summed E-state index contributed by atoms with van der Waals surface area (Å²) in [6.45, 7) is 7.83. The molecule has 1 aromatic heterocycles. The first-order valence-corrected chi connectivity index (χ1v) is 8.41. The highest BCUT2D eigenvalue weighted by Gasteiger charge is 2.07. The molecule has 0 aliphatic carbocycles. The first kappa shape index (κ1) is 22.1. The molecular formula is C15H28IN5OS. The Balaban J connectivity index is 0.00000484. The third-order valence-electron chi connectivity index (χ3n) is 3.17. The number of aryl methyl sites for hydroxylation is 2. The van der Waals surface area contributed by atoms with Crippen molar-refractivity contribution >= 4 is 47.2 Å². The van der Waals surface area contributed by atoms with Gasteiger partial charge in [-0.1, -0.05) is 13.3 Å². The second-order valence-electron chi connectivity index (χ2n) is 5.34. The predicted molar refractivity (Wildman–Crippen MR) is 108 cm³/mol. The van der Waals surface area contributed by atoms with Crippen molar-refractivity contribution in [1.29, 1.82) is 0 Å². The van der Waals surface area contributed by atoms with Crippen LogP contribution in [0.5, 0.6) is 0 Å². The summed E-state index contributed by atoms with van der Waals surface area (Å²) < 4.78 is 0. The Bertz CT molecular complexity index is 496. The molecule has 0 saturated heterocycles. The molecule has 0 unspecified atom stereocenters. The zero-order valence-corrected chi connectivity index (χ0v) is 17.7. The van der Waals surface area contributed by atoms with Gasteiger partial charge in [-0.05, 0) is 20.3 Å². The quantitative estimate of drug-likeness (QED) is 0.288. The maximum atomic E-state index is 11.7. The van der Waals surface area contributed by atoms with Crippen molar-refractivity contribution in [1.82, 2.24) is 20.5 Å². The monoisotopic (exact) mass is 453 g/mol. The number of halogens is 1. The molecule has 0 fully saturated rings. The zero-order chi connectivity index (χ0) is 16.5. The maximum Gasteiger partial charge on any atom is 0.243 e. The first-order chi connectivity index (χ1) is 10.4. The molecule has 0 saturated carbocycles. The van der Waals surface area contributed by atoms with Crippen molar-refractivity contribution in [3.8, 4) is 0 Å². The van der Waals surface area contributed by atoms with Crippen LogP contribution in [0.15, 0.2) is 4.99 Å². The highest BCUT2D eigenvalue weighted by Crippen LogP contribution is 2.15. The van der Waals surface area contributed by atoms with Crippen LogP contribution >= 0.6 is 35.3 Å². The average molecular weight is 453 g/mol. The van der Waals surface area contributed by atoms with Crippen LogP contribution in [0.25, 0.3) is 0 Å². The topological polar surface area (TPSA) is 69.6 Å². The van der Waals surface area contributed by atoms with E-state index in [-0.39, 0.29) is 36.4 Å². The molecule has 0 aliphatic rings. The van der Waals surface area contributed by atoms with Crippen LogP contribution in [0.2, 0.25) is 0 Å². The number of aliphatic imine (C=N–C) groups is 1. The molecule has 1 amide bonds. The van der Waals surface area contributed by atoms with Gasteiger partial charge in [0.1, 0.15) is 11.6 Å². The Morgan fingerprint density at radius 2 is 2.00 bits per heavy atom. The number of hydrogen-bond acceptors (Lipinski definition) is 4. The summed E-state index contributed by atoms with van der Waals surface area (Å²) in [6, 6.07) is 0. The fourth-order valence-corrected chi connectivity index (χ4v) is 2.49. The number of carbonyl (C=O) groups is 1. The van der Waals surface area contributed by atoms with E-state index in [9.17, 15) is 4.79 Å². The molecular weight excluding hydrogens is 425 g/mol. The fraction of sp³-hybridized carbons (Fsp3) is 0.667. The number of unbranched alkanes of at least 4 members (excludes halogenated alkanes) is 1. The summed E-state index contributed by atoms with van der Waals surface area (Å²) >= 11 is 1.68. The van der Waals surface area contributed by atoms with Crippen molar-refractivity contribution in [2.45, 2.75) is 40.2 Å². The standard InChI is InChI=1S/C15H27N5OS.HI/c1-6-7-8-16-15(18-10-14(21)20(4)5)17-9-13-19-11(2)12(3)22-13;/h6-10H2,1-5H3,(H2,16,17,18);1H. The van der Waals surface area contributed by atoms with Gasteiger partial charge in [-0.15, -0.1) is 35.3 Å². The Hall–Kier alpha value is -0.900. The highest BCUT2D eigenvalue weighted by atomic mass is 127. The number of thiazole rings is 1. The van der Waals surface area contributed by atoms with E-state index < -0.39 is 0 Å². The van der Waals surface area contributed by atoms with Crippen LogP contribution in [0, 0.1) is 13.8 Å². The van der Waals surface area contributed by atoms with Gasteiger partial charge in [0.25, 0.3) is 0 Å². The van der Waals surface area contributed by atoms with Crippen molar-refractivity contribution in [2.75, 3.05) is 27.2 Å². The molecule has 1 aromatic rings. The van der Waals surface area contributed by atoms with Gasteiger partial charge in [-0.3, -0.25) is 4.79 Å². The van der Waals surface area contributed by atoms with Gasteiger partial charge in [-0.25, -0.2) is 9.98 Å². The van der Waals surface area contributed by atoms with E-state index in [1.807, 2.05) is 6.92 Å². The fourth-order valence-electron chi connectivity index (χ4n) is 1.62. The van der Waals surface area contributed by atoms with Crippen LogP contribution in [-0.4, -0.2) is 48.9 Å². The predicted octanol–water partition coefficient (Wildman–Crippen LogP) is 2.30. The summed E-state index contributed by atoms with van der Waals surface area (Å²) in [5.74, 6) is 0.645. The van der Waals surface area contributed by atoms with Gasteiger partial charge in [-0.2, -0.15) is 0 Å². The van der Waals surface area contributed by atoms with Crippen LogP contribution in [0.4, 0.5) is 0 Å².